The second-order valence-corrected chi connectivity index (χ2v) is 4.29. The summed E-state index contributed by atoms with van der Waals surface area (Å²) in [5.41, 5.74) is 3.65. The highest BCUT2D eigenvalue weighted by Gasteiger charge is 2.15. The fourth-order valence-corrected chi connectivity index (χ4v) is 1.82. The molecule has 0 bridgehead atoms. The number of nitrogens with two attached hydrogens (primary N) is 1. The molecule has 0 aliphatic rings. The molecule has 0 aliphatic heterocycles. The van der Waals surface area contributed by atoms with E-state index in [9.17, 15) is 9.18 Å². The fraction of sp³-hybridized carbons (Fsp3) is 0.143. The Kier molecular flexibility index (Phi) is 4.27. The van der Waals surface area contributed by atoms with Crippen molar-refractivity contribution < 1.29 is 9.18 Å². The molecule has 1 atom stereocenters. The van der Waals surface area contributed by atoms with Crippen molar-refractivity contribution in [2.45, 2.75) is 13.0 Å². The lowest BCUT2D eigenvalue weighted by atomic mass is 10.1. The molecular formula is C14H15FN4O. The molecule has 1 unspecified atom stereocenters. The van der Waals surface area contributed by atoms with Crippen LogP contribution in [0.2, 0.25) is 0 Å². The lowest BCUT2D eigenvalue weighted by Crippen LogP contribution is -2.28. The number of rotatable bonds is 4. The molecule has 5 nitrogen and oxygen atoms in total. The molecule has 6 heteroatoms. The zero-order valence-electron chi connectivity index (χ0n) is 10.9. The summed E-state index contributed by atoms with van der Waals surface area (Å²) >= 11 is 0. The summed E-state index contributed by atoms with van der Waals surface area (Å²) in [5.74, 6) is 4.53. The number of hydrogen-bond acceptors (Lipinski definition) is 4. The monoisotopic (exact) mass is 274 g/mol. The van der Waals surface area contributed by atoms with Gasteiger partial charge in [-0.3, -0.25) is 15.6 Å². The van der Waals surface area contributed by atoms with Gasteiger partial charge in [0.1, 0.15) is 11.5 Å². The van der Waals surface area contributed by atoms with Crippen LogP contribution in [0.3, 0.4) is 0 Å². The Balaban J connectivity index is 2.13. The van der Waals surface area contributed by atoms with Gasteiger partial charge >= 0.3 is 0 Å². The third kappa shape index (κ3) is 3.10. The molecule has 2 aromatic rings. The third-order valence-electron chi connectivity index (χ3n) is 2.88. The minimum Gasteiger partial charge on any atom is -0.344 e. The Bertz CT molecular complexity index is 618. The molecule has 1 amide bonds. The molecule has 0 saturated carbocycles. The van der Waals surface area contributed by atoms with E-state index in [1.165, 1.54) is 18.3 Å². The van der Waals surface area contributed by atoms with E-state index in [4.69, 9.17) is 5.84 Å². The Hall–Kier alpha value is -2.47. The average molecular weight is 274 g/mol. The quantitative estimate of drug-likeness (QED) is 0.588. The molecular weight excluding hydrogens is 259 g/mol. The van der Waals surface area contributed by atoms with Crippen LogP contribution in [-0.4, -0.2) is 10.9 Å². The van der Waals surface area contributed by atoms with Crippen LogP contribution in [0.4, 0.5) is 10.1 Å². The van der Waals surface area contributed by atoms with Crippen molar-refractivity contribution in [3.05, 3.63) is 59.7 Å². The van der Waals surface area contributed by atoms with Crippen molar-refractivity contribution in [1.29, 1.82) is 0 Å². The Morgan fingerprint density at radius 3 is 2.80 bits per heavy atom. The molecule has 0 spiro atoms. The van der Waals surface area contributed by atoms with Crippen LogP contribution in [0.25, 0.3) is 0 Å². The first-order chi connectivity index (χ1) is 9.61. The van der Waals surface area contributed by atoms with Crippen molar-refractivity contribution >= 4 is 11.6 Å². The van der Waals surface area contributed by atoms with Gasteiger partial charge in [0, 0.05) is 11.8 Å². The summed E-state index contributed by atoms with van der Waals surface area (Å²) in [4.78, 5) is 16.0. The third-order valence-corrected chi connectivity index (χ3v) is 2.88. The smallest absolute Gasteiger partial charge is 0.270 e. The van der Waals surface area contributed by atoms with Crippen molar-refractivity contribution in [1.82, 2.24) is 10.3 Å². The SMILES string of the molecule is CC(NC(=O)c1cc(NN)ccn1)c1ccccc1F. The predicted molar refractivity (Wildman–Crippen MR) is 74.3 cm³/mol. The highest BCUT2D eigenvalue weighted by atomic mass is 19.1. The Morgan fingerprint density at radius 1 is 1.35 bits per heavy atom. The number of pyridine rings is 1. The van der Waals surface area contributed by atoms with Crippen LogP contribution >= 0.6 is 0 Å². The van der Waals surface area contributed by atoms with Crippen LogP contribution in [-0.2, 0) is 0 Å². The standard InChI is InChI=1S/C14H15FN4O/c1-9(11-4-2-3-5-12(11)15)18-14(20)13-8-10(19-16)6-7-17-13/h2-9H,16H2,1H3,(H,17,19)(H,18,20). The number of hydrogen-bond donors (Lipinski definition) is 3. The van der Waals surface area contributed by atoms with E-state index in [0.29, 0.717) is 11.3 Å². The number of benzene rings is 1. The van der Waals surface area contributed by atoms with Crippen LogP contribution in [0.5, 0.6) is 0 Å². The van der Waals surface area contributed by atoms with Gasteiger partial charge in [-0.05, 0) is 25.1 Å². The van der Waals surface area contributed by atoms with Crippen molar-refractivity contribution in [2.75, 3.05) is 5.43 Å². The molecule has 0 saturated heterocycles. The van der Waals surface area contributed by atoms with Crippen molar-refractivity contribution in [2.24, 2.45) is 5.84 Å². The van der Waals surface area contributed by atoms with Gasteiger partial charge in [0.25, 0.3) is 5.91 Å². The molecule has 0 aliphatic carbocycles. The summed E-state index contributed by atoms with van der Waals surface area (Å²) < 4.78 is 13.6. The number of nitrogens with one attached hydrogen (secondary N) is 2. The summed E-state index contributed by atoms with van der Waals surface area (Å²) in [6.45, 7) is 1.71. The minimum absolute atomic E-state index is 0.212. The largest absolute Gasteiger partial charge is 0.344 e. The van der Waals surface area contributed by atoms with Crippen LogP contribution in [0, 0.1) is 5.82 Å². The van der Waals surface area contributed by atoms with Crippen molar-refractivity contribution in [3.8, 4) is 0 Å². The molecule has 4 N–H and O–H groups in total. The maximum absolute atomic E-state index is 13.6. The number of carbonyl (C=O) groups is 1. The van der Waals surface area contributed by atoms with Gasteiger partial charge in [-0.1, -0.05) is 18.2 Å². The number of amides is 1. The highest BCUT2D eigenvalue weighted by Crippen LogP contribution is 2.16. The molecule has 104 valence electrons. The molecule has 1 aromatic carbocycles. The highest BCUT2D eigenvalue weighted by molar-refractivity contribution is 5.93. The normalized spacial score (nSPS) is 11.8. The number of halogens is 1. The van der Waals surface area contributed by atoms with E-state index < -0.39 is 11.9 Å². The zero-order chi connectivity index (χ0) is 14.5. The number of carbonyl (C=O) groups excluding carboxylic acids is 1. The number of anilines is 1. The van der Waals surface area contributed by atoms with E-state index >= 15 is 0 Å². The lowest BCUT2D eigenvalue weighted by molar-refractivity contribution is 0.0934. The predicted octanol–water partition coefficient (Wildman–Crippen LogP) is 2.00. The maximum Gasteiger partial charge on any atom is 0.270 e. The van der Waals surface area contributed by atoms with Crippen molar-refractivity contribution in [3.63, 3.8) is 0 Å². The fourth-order valence-electron chi connectivity index (χ4n) is 1.82. The van der Waals surface area contributed by atoms with Gasteiger partial charge in [0.15, 0.2) is 0 Å². The summed E-state index contributed by atoms with van der Waals surface area (Å²) in [6, 6.07) is 9.00. The van der Waals surface area contributed by atoms with Crippen LogP contribution in [0.15, 0.2) is 42.6 Å². The molecule has 1 aromatic heterocycles. The van der Waals surface area contributed by atoms with Gasteiger partial charge in [0.05, 0.1) is 11.7 Å². The van der Waals surface area contributed by atoms with Crippen LogP contribution in [0.1, 0.15) is 29.0 Å². The first kappa shape index (κ1) is 14.0. The number of nitrogens with zero attached hydrogens (tertiary/aromatic N) is 1. The topological polar surface area (TPSA) is 80.0 Å². The lowest BCUT2D eigenvalue weighted by Gasteiger charge is -2.15. The molecule has 2 rings (SSSR count). The summed E-state index contributed by atoms with van der Waals surface area (Å²) in [5, 5.41) is 2.69. The summed E-state index contributed by atoms with van der Waals surface area (Å²) in [6.07, 6.45) is 1.47. The van der Waals surface area contributed by atoms with E-state index in [-0.39, 0.29) is 11.5 Å². The Morgan fingerprint density at radius 2 is 2.10 bits per heavy atom. The van der Waals surface area contributed by atoms with Gasteiger partial charge in [-0.25, -0.2) is 4.39 Å². The number of aromatic nitrogens is 1. The number of hydrazine groups is 1. The molecule has 0 radical (unpaired) electrons. The maximum atomic E-state index is 13.6. The average Bonchev–Trinajstić information content (AvgIpc) is 2.47. The first-order valence-corrected chi connectivity index (χ1v) is 6.09. The zero-order valence-corrected chi connectivity index (χ0v) is 10.9. The number of nitrogen functional groups attached to an aromatic ring is 1. The summed E-state index contributed by atoms with van der Waals surface area (Å²) in [7, 11) is 0. The first-order valence-electron chi connectivity index (χ1n) is 6.09. The van der Waals surface area contributed by atoms with Gasteiger partial charge < -0.3 is 10.7 Å². The minimum atomic E-state index is -0.458. The van der Waals surface area contributed by atoms with E-state index in [1.807, 2.05) is 0 Å². The second kappa shape index (κ2) is 6.12. The Labute approximate surface area is 116 Å². The van der Waals surface area contributed by atoms with Gasteiger partial charge in [0.2, 0.25) is 0 Å². The van der Waals surface area contributed by atoms with Gasteiger partial charge in [-0.15, -0.1) is 0 Å². The molecule has 1 heterocycles. The second-order valence-electron chi connectivity index (χ2n) is 4.29. The van der Waals surface area contributed by atoms with E-state index in [0.717, 1.165) is 0 Å². The molecule has 20 heavy (non-hydrogen) atoms. The van der Waals surface area contributed by atoms with E-state index in [1.54, 1.807) is 31.2 Å². The van der Waals surface area contributed by atoms with Crippen LogP contribution < -0.4 is 16.6 Å². The van der Waals surface area contributed by atoms with Gasteiger partial charge in [-0.2, -0.15) is 0 Å². The van der Waals surface area contributed by atoms with E-state index in [2.05, 4.69) is 15.7 Å². The molecule has 0 fully saturated rings.